The van der Waals surface area contributed by atoms with Crippen LogP contribution in [0.1, 0.15) is 20.8 Å². The van der Waals surface area contributed by atoms with Gasteiger partial charge in [-0.2, -0.15) is 5.26 Å². The first kappa shape index (κ1) is 9.53. The number of allylic oxidation sites excluding steroid dienone is 4. The summed E-state index contributed by atoms with van der Waals surface area (Å²) in [5, 5.41) is 8.43. The van der Waals surface area contributed by atoms with Gasteiger partial charge in [-0.3, -0.25) is 0 Å². The molecule has 1 heteroatoms. The zero-order valence-corrected chi connectivity index (χ0v) is 7.10. The Morgan fingerprint density at radius 3 is 2.45 bits per heavy atom. The summed E-state index contributed by atoms with van der Waals surface area (Å²) in [6.07, 6.45) is 3.60. The van der Waals surface area contributed by atoms with Crippen LogP contribution in [-0.4, -0.2) is 0 Å². The normalized spacial score (nSPS) is 11.5. The molecule has 56 valence electrons. The Bertz CT molecular complexity index is 276. The molecule has 0 aliphatic heterocycles. The van der Waals surface area contributed by atoms with Crippen molar-refractivity contribution in [3.63, 3.8) is 0 Å². The van der Waals surface area contributed by atoms with Crippen LogP contribution in [0.3, 0.4) is 0 Å². The zero-order valence-electron chi connectivity index (χ0n) is 7.10. The summed E-state index contributed by atoms with van der Waals surface area (Å²) in [5.74, 6) is 5.56. The molecule has 0 unspecified atom stereocenters. The fourth-order valence-corrected chi connectivity index (χ4v) is 0.601. The highest BCUT2D eigenvalue weighted by Gasteiger charge is 1.83. The van der Waals surface area contributed by atoms with Gasteiger partial charge in [0.15, 0.2) is 0 Å². The molecule has 1 nitrogen and oxygen atoms in total. The number of hydrogen-bond acceptors (Lipinski definition) is 1. The first-order valence-corrected chi connectivity index (χ1v) is 3.38. The van der Waals surface area contributed by atoms with E-state index in [4.69, 9.17) is 5.26 Å². The smallest absolute Gasteiger partial charge is 0.0944 e. The SMILES string of the molecule is CC#C/C=C(C)\C=C(/C)C#N. The van der Waals surface area contributed by atoms with Gasteiger partial charge in [0, 0.05) is 5.57 Å². The minimum absolute atomic E-state index is 0.705. The van der Waals surface area contributed by atoms with Crippen LogP contribution in [0.5, 0.6) is 0 Å². The van der Waals surface area contributed by atoms with E-state index in [9.17, 15) is 0 Å². The molecular formula is C10H11N. The number of rotatable bonds is 1. The number of nitrogens with zero attached hydrogens (tertiary/aromatic N) is 1. The van der Waals surface area contributed by atoms with Crippen molar-refractivity contribution in [2.45, 2.75) is 20.8 Å². The van der Waals surface area contributed by atoms with Crippen LogP contribution in [0.25, 0.3) is 0 Å². The molecule has 0 aliphatic rings. The Hall–Kier alpha value is -1.47. The van der Waals surface area contributed by atoms with E-state index in [1.165, 1.54) is 0 Å². The van der Waals surface area contributed by atoms with Gasteiger partial charge in [-0.05, 0) is 38.5 Å². The average molecular weight is 145 g/mol. The van der Waals surface area contributed by atoms with Crippen LogP contribution in [0.4, 0.5) is 0 Å². The summed E-state index contributed by atoms with van der Waals surface area (Å²) in [5.41, 5.74) is 1.72. The summed E-state index contributed by atoms with van der Waals surface area (Å²) in [6, 6.07) is 2.04. The standard InChI is InChI=1S/C10H11N/c1-4-5-6-9(2)7-10(3)8-11/h6-7H,1-3H3/b9-6-,10-7+. The molecular weight excluding hydrogens is 134 g/mol. The van der Waals surface area contributed by atoms with Gasteiger partial charge in [0.2, 0.25) is 0 Å². The maximum Gasteiger partial charge on any atom is 0.0944 e. The van der Waals surface area contributed by atoms with Gasteiger partial charge >= 0.3 is 0 Å². The molecule has 0 rings (SSSR count). The molecule has 11 heavy (non-hydrogen) atoms. The van der Waals surface area contributed by atoms with Crippen molar-refractivity contribution in [1.82, 2.24) is 0 Å². The molecule has 0 aromatic heterocycles. The Labute approximate surface area is 68.0 Å². The first-order valence-electron chi connectivity index (χ1n) is 3.38. The lowest BCUT2D eigenvalue weighted by atomic mass is 10.2. The van der Waals surface area contributed by atoms with Gasteiger partial charge in [-0.1, -0.05) is 5.92 Å². The number of hydrogen-bond donors (Lipinski definition) is 0. The van der Waals surface area contributed by atoms with Crippen molar-refractivity contribution in [3.05, 3.63) is 23.3 Å². The van der Waals surface area contributed by atoms with Gasteiger partial charge in [0.1, 0.15) is 0 Å². The van der Waals surface area contributed by atoms with E-state index in [-0.39, 0.29) is 0 Å². The highest BCUT2D eigenvalue weighted by molar-refractivity contribution is 5.33. The summed E-state index contributed by atoms with van der Waals surface area (Å²) in [4.78, 5) is 0. The molecule has 0 aromatic rings. The highest BCUT2D eigenvalue weighted by Crippen LogP contribution is 1.98. The van der Waals surface area contributed by atoms with Crippen molar-refractivity contribution >= 4 is 0 Å². The minimum Gasteiger partial charge on any atom is -0.193 e. The fourth-order valence-electron chi connectivity index (χ4n) is 0.601. The van der Waals surface area contributed by atoms with E-state index >= 15 is 0 Å². The van der Waals surface area contributed by atoms with E-state index in [2.05, 4.69) is 11.8 Å². The van der Waals surface area contributed by atoms with Crippen molar-refractivity contribution < 1.29 is 0 Å². The molecule has 0 N–H and O–H groups in total. The molecule has 0 saturated heterocycles. The van der Waals surface area contributed by atoms with Crippen molar-refractivity contribution in [1.29, 1.82) is 5.26 Å². The number of nitriles is 1. The molecule has 0 aromatic carbocycles. The van der Waals surface area contributed by atoms with Gasteiger partial charge < -0.3 is 0 Å². The Morgan fingerprint density at radius 2 is 2.00 bits per heavy atom. The molecule has 0 heterocycles. The van der Waals surface area contributed by atoms with E-state index in [1.54, 1.807) is 19.9 Å². The lowest BCUT2D eigenvalue weighted by molar-refractivity contribution is 1.41. The van der Waals surface area contributed by atoms with Gasteiger partial charge in [-0.25, -0.2) is 0 Å². The van der Waals surface area contributed by atoms with Crippen molar-refractivity contribution in [3.8, 4) is 17.9 Å². The second-order valence-electron chi connectivity index (χ2n) is 2.22. The van der Waals surface area contributed by atoms with Crippen LogP contribution >= 0.6 is 0 Å². The maximum absolute atomic E-state index is 8.43. The lowest BCUT2D eigenvalue weighted by Gasteiger charge is -1.86. The molecule has 0 radical (unpaired) electrons. The van der Waals surface area contributed by atoms with Gasteiger partial charge in [0.05, 0.1) is 6.07 Å². The monoisotopic (exact) mass is 145 g/mol. The van der Waals surface area contributed by atoms with E-state index in [1.807, 2.05) is 19.1 Å². The third kappa shape index (κ3) is 5.00. The predicted molar refractivity (Wildman–Crippen MR) is 46.6 cm³/mol. The van der Waals surface area contributed by atoms with Gasteiger partial charge in [-0.15, -0.1) is 5.92 Å². The Balaban J connectivity index is 4.38. The summed E-state index contributed by atoms with van der Waals surface area (Å²) < 4.78 is 0. The van der Waals surface area contributed by atoms with Crippen LogP contribution in [0.15, 0.2) is 23.3 Å². The minimum atomic E-state index is 0.705. The fraction of sp³-hybridized carbons (Fsp3) is 0.300. The van der Waals surface area contributed by atoms with Crippen LogP contribution < -0.4 is 0 Å². The quantitative estimate of drug-likeness (QED) is 0.316. The Morgan fingerprint density at radius 1 is 1.36 bits per heavy atom. The topological polar surface area (TPSA) is 23.8 Å². The molecule has 0 bridgehead atoms. The summed E-state index contributed by atoms with van der Waals surface area (Å²) in [6.45, 7) is 5.48. The van der Waals surface area contributed by atoms with Gasteiger partial charge in [0.25, 0.3) is 0 Å². The van der Waals surface area contributed by atoms with E-state index in [0.717, 1.165) is 5.57 Å². The van der Waals surface area contributed by atoms with Crippen LogP contribution in [0.2, 0.25) is 0 Å². The van der Waals surface area contributed by atoms with Crippen molar-refractivity contribution in [2.24, 2.45) is 0 Å². The maximum atomic E-state index is 8.43. The van der Waals surface area contributed by atoms with E-state index in [0.29, 0.717) is 5.57 Å². The van der Waals surface area contributed by atoms with E-state index < -0.39 is 0 Å². The third-order valence-electron chi connectivity index (χ3n) is 1.06. The lowest BCUT2D eigenvalue weighted by Crippen LogP contribution is -1.71. The molecule has 0 spiro atoms. The molecule has 0 atom stereocenters. The first-order chi connectivity index (χ1) is 5.20. The van der Waals surface area contributed by atoms with Crippen LogP contribution in [0, 0.1) is 23.2 Å². The molecule has 0 fully saturated rings. The molecule has 0 amide bonds. The average Bonchev–Trinajstić information content (AvgIpc) is 2.00. The van der Waals surface area contributed by atoms with Crippen LogP contribution in [-0.2, 0) is 0 Å². The third-order valence-corrected chi connectivity index (χ3v) is 1.06. The second-order valence-corrected chi connectivity index (χ2v) is 2.22. The second kappa shape index (κ2) is 5.33. The predicted octanol–water partition coefficient (Wildman–Crippen LogP) is 2.43. The summed E-state index contributed by atoms with van der Waals surface area (Å²) in [7, 11) is 0. The summed E-state index contributed by atoms with van der Waals surface area (Å²) >= 11 is 0. The Kier molecular flexibility index (Phi) is 4.61. The largest absolute Gasteiger partial charge is 0.193 e. The molecule has 0 aliphatic carbocycles. The highest BCUT2D eigenvalue weighted by atomic mass is 14.2. The van der Waals surface area contributed by atoms with Crippen molar-refractivity contribution in [2.75, 3.05) is 0 Å². The molecule has 0 saturated carbocycles. The zero-order chi connectivity index (χ0) is 8.69.